The Morgan fingerprint density at radius 2 is 2.06 bits per heavy atom. The molecule has 4 nitrogen and oxygen atoms in total. The van der Waals surface area contributed by atoms with Gasteiger partial charge in [-0.3, -0.25) is 9.78 Å². The third-order valence-electron chi connectivity index (χ3n) is 3.05. The van der Waals surface area contributed by atoms with Gasteiger partial charge in [0.1, 0.15) is 0 Å². The van der Waals surface area contributed by atoms with Crippen LogP contribution in [-0.2, 0) is 0 Å². The molecule has 0 aliphatic carbocycles. The second kappa shape index (κ2) is 5.77. The van der Waals surface area contributed by atoms with E-state index in [1.807, 2.05) is 39.8 Å². The van der Waals surface area contributed by atoms with E-state index in [1.165, 1.54) is 0 Å². The van der Waals surface area contributed by atoms with Crippen molar-refractivity contribution in [3.8, 4) is 0 Å². The molecule has 4 heteroatoms. The summed E-state index contributed by atoms with van der Waals surface area (Å²) in [5.74, 6) is 0.181. The van der Waals surface area contributed by atoms with Crippen molar-refractivity contribution in [2.24, 2.45) is 11.7 Å². The fourth-order valence-corrected chi connectivity index (χ4v) is 1.56. The number of rotatable bonds is 4. The molecular weight excluding hydrogens is 214 g/mol. The van der Waals surface area contributed by atoms with Gasteiger partial charge < -0.3 is 11.1 Å². The van der Waals surface area contributed by atoms with Crippen molar-refractivity contribution >= 4 is 5.91 Å². The van der Waals surface area contributed by atoms with Gasteiger partial charge >= 0.3 is 0 Å². The topological polar surface area (TPSA) is 68.0 Å². The van der Waals surface area contributed by atoms with Gasteiger partial charge in [0.2, 0.25) is 0 Å². The normalized spacial score (nSPS) is 14.2. The smallest absolute Gasteiger partial charge is 0.253 e. The van der Waals surface area contributed by atoms with E-state index in [0.29, 0.717) is 12.1 Å². The molecule has 0 saturated carbocycles. The summed E-state index contributed by atoms with van der Waals surface area (Å²) >= 11 is 0. The van der Waals surface area contributed by atoms with Gasteiger partial charge in [0.15, 0.2) is 0 Å². The molecule has 0 fully saturated rings. The second-order valence-corrected chi connectivity index (χ2v) is 4.56. The lowest BCUT2D eigenvalue weighted by atomic mass is 10.0. The summed E-state index contributed by atoms with van der Waals surface area (Å²) in [5.41, 5.74) is 7.88. The van der Waals surface area contributed by atoms with E-state index in [1.54, 1.807) is 0 Å². The Kier molecular flexibility index (Phi) is 4.63. The Morgan fingerprint density at radius 1 is 1.41 bits per heavy atom. The van der Waals surface area contributed by atoms with Gasteiger partial charge in [0.05, 0.1) is 11.3 Å². The zero-order valence-electron chi connectivity index (χ0n) is 10.9. The quantitative estimate of drug-likeness (QED) is 0.829. The number of aromatic nitrogens is 1. The first-order chi connectivity index (χ1) is 7.95. The van der Waals surface area contributed by atoms with E-state index in [-0.39, 0.29) is 17.9 Å². The Balaban J connectivity index is 2.76. The minimum atomic E-state index is -0.0807. The third-order valence-corrected chi connectivity index (χ3v) is 3.05. The van der Waals surface area contributed by atoms with Crippen molar-refractivity contribution < 1.29 is 4.79 Å². The molecule has 1 aromatic rings. The lowest BCUT2D eigenvalue weighted by molar-refractivity contribution is 0.0928. The predicted molar refractivity (Wildman–Crippen MR) is 68.9 cm³/mol. The van der Waals surface area contributed by atoms with Crippen molar-refractivity contribution in [3.63, 3.8) is 0 Å². The van der Waals surface area contributed by atoms with Crippen LogP contribution in [-0.4, -0.2) is 23.5 Å². The summed E-state index contributed by atoms with van der Waals surface area (Å²) in [5, 5.41) is 2.95. The summed E-state index contributed by atoms with van der Waals surface area (Å²) in [6.45, 7) is 8.30. The van der Waals surface area contributed by atoms with Gasteiger partial charge in [-0.15, -0.1) is 0 Å². The summed E-state index contributed by atoms with van der Waals surface area (Å²) in [4.78, 5) is 16.3. The van der Waals surface area contributed by atoms with Gasteiger partial charge in [-0.05, 0) is 45.4 Å². The highest BCUT2D eigenvalue weighted by molar-refractivity contribution is 5.95. The molecule has 0 bridgehead atoms. The predicted octanol–water partition coefficient (Wildman–Crippen LogP) is 1.41. The van der Waals surface area contributed by atoms with Crippen LogP contribution in [0.25, 0.3) is 0 Å². The van der Waals surface area contributed by atoms with Crippen molar-refractivity contribution in [2.45, 2.75) is 33.7 Å². The highest BCUT2D eigenvalue weighted by Gasteiger charge is 2.16. The molecule has 0 aliphatic rings. The van der Waals surface area contributed by atoms with Crippen LogP contribution in [0.1, 0.15) is 35.6 Å². The van der Waals surface area contributed by atoms with Crippen molar-refractivity contribution in [1.82, 2.24) is 10.3 Å². The van der Waals surface area contributed by atoms with E-state index in [2.05, 4.69) is 10.3 Å². The van der Waals surface area contributed by atoms with E-state index in [4.69, 9.17) is 5.73 Å². The molecule has 0 spiro atoms. The van der Waals surface area contributed by atoms with Crippen molar-refractivity contribution in [1.29, 1.82) is 0 Å². The number of carbonyl (C=O) groups excluding carboxylic acids is 1. The molecule has 94 valence electrons. The number of hydrogen-bond donors (Lipinski definition) is 2. The SMILES string of the molecule is Cc1ccc(C(=O)NC(C)C(C)CN)c(C)n1. The van der Waals surface area contributed by atoms with E-state index >= 15 is 0 Å². The van der Waals surface area contributed by atoms with Crippen LogP contribution in [0.15, 0.2) is 12.1 Å². The molecule has 1 heterocycles. The van der Waals surface area contributed by atoms with Crippen molar-refractivity contribution in [3.05, 3.63) is 29.1 Å². The summed E-state index contributed by atoms with van der Waals surface area (Å²) < 4.78 is 0. The lowest BCUT2D eigenvalue weighted by Crippen LogP contribution is -2.40. The van der Waals surface area contributed by atoms with Gasteiger partial charge in [-0.1, -0.05) is 6.92 Å². The molecule has 3 N–H and O–H groups in total. The molecule has 0 aromatic carbocycles. The summed E-state index contributed by atoms with van der Waals surface area (Å²) in [6.07, 6.45) is 0. The first-order valence-electron chi connectivity index (χ1n) is 5.91. The van der Waals surface area contributed by atoms with Crippen LogP contribution in [0, 0.1) is 19.8 Å². The maximum Gasteiger partial charge on any atom is 0.253 e. The minimum absolute atomic E-state index is 0.0632. The fraction of sp³-hybridized carbons (Fsp3) is 0.538. The van der Waals surface area contributed by atoms with E-state index in [9.17, 15) is 4.79 Å². The zero-order valence-corrected chi connectivity index (χ0v) is 10.9. The maximum absolute atomic E-state index is 12.0. The van der Waals surface area contributed by atoms with Gasteiger partial charge in [-0.2, -0.15) is 0 Å². The third kappa shape index (κ3) is 3.53. The first kappa shape index (κ1) is 13.6. The first-order valence-corrected chi connectivity index (χ1v) is 5.91. The zero-order chi connectivity index (χ0) is 13.0. The summed E-state index contributed by atoms with van der Waals surface area (Å²) in [6, 6.07) is 3.72. The Morgan fingerprint density at radius 3 is 2.59 bits per heavy atom. The number of carbonyl (C=O) groups is 1. The van der Waals surface area contributed by atoms with Crippen LogP contribution in [0.3, 0.4) is 0 Å². The molecule has 1 amide bonds. The van der Waals surface area contributed by atoms with Crippen LogP contribution < -0.4 is 11.1 Å². The highest BCUT2D eigenvalue weighted by Crippen LogP contribution is 2.08. The highest BCUT2D eigenvalue weighted by atomic mass is 16.1. The fourth-order valence-electron chi connectivity index (χ4n) is 1.56. The molecule has 0 radical (unpaired) electrons. The number of hydrogen-bond acceptors (Lipinski definition) is 3. The number of aryl methyl sites for hydroxylation is 2. The number of amides is 1. The molecule has 0 saturated heterocycles. The lowest BCUT2D eigenvalue weighted by Gasteiger charge is -2.20. The number of nitrogens with zero attached hydrogens (tertiary/aromatic N) is 1. The molecular formula is C13H21N3O. The Hall–Kier alpha value is -1.42. The number of nitrogens with two attached hydrogens (primary N) is 1. The van der Waals surface area contributed by atoms with Crippen LogP contribution in [0.5, 0.6) is 0 Å². The maximum atomic E-state index is 12.0. The average Bonchev–Trinajstić information content (AvgIpc) is 2.27. The van der Waals surface area contributed by atoms with Gasteiger partial charge in [0, 0.05) is 11.7 Å². The van der Waals surface area contributed by atoms with Crippen molar-refractivity contribution in [2.75, 3.05) is 6.54 Å². The molecule has 2 atom stereocenters. The average molecular weight is 235 g/mol. The summed E-state index contributed by atoms with van der Waals surface area (Å²) in [7, 11) is 0. The molecule has 1 rings (SSSR count). The Labute approximate surface area is 103 Å². The molecule has 0 aliphatic heterocycles. The van der Waals surface area contributed by atoms with Gasteiger partial charge in [-0.25, -0.2) is 0 Å². The largest absolute Gasteiger partial charge is 0.349 e. The van der Waals surface area contributed by atoms with Gasteiger partial charge in [0.25, 0.3) is 5.91 Å². The van der Waals surface area contributed by atoms with E-state index < -0.39 is 0 Å². The van der Waals surface area contributed by atoms with E-state index in [0.717, 1.165) is 11.4 Å². The molecule has 17 heavy (non-hydrogen) atoms. The minimum Gasteiger partial charge on any atom is -0.349 e. The van der Waals surface area contributed by atoms with Crippen LogP contribution in [0.2, 0.25) is 0 Å². The second-order valence-electron chi connectivity index (χ2n) is 4.56. The number of pyridine rings is 1. The Bertz CT molecular complexity index is 404. The molecule has 2 unspecified atom stereocenters. The molecule has 1 aromatic heterocycles. The van der Waals surface area contributed by atoms with Crippen LogP contribution >= 0.6 is 0 Å². The number of nitrogens with one attached hydrogen (secondary N) is 1. The van der Waals surface area contributed by atoms with Crippen LogP contribution in [0.4, 0.5) is 0 Å². The monoisotopic (exact) mass is 235 g/mol. The standard InChI is InChI=1S/C13H21N3O/c1-8(7-14)10(3)16-13(17)12-6-5-9(2)15-11(12)4/h5-6,8,10H,7,14H2,1-4H3,(H,16,17).